The molecule has 1 spiro atoms. The van der Waals surface area contributed by atoms with Crippen molar-refractivity contribution in [2.45, 2.75) is 23.3 Å². The number of H-pyrrole nitrogens is 1. The molecule has 2 aliphatic rings. The van der Waals surface area contributed by atoms with Crippen LogP contribution in [0.3, 0.4) is 0 Å². The molecule has 1 amide bonds. The van der Waals surface area contributed by atoms with Gasteiger partial charge < -0.3 is 27.1 Å². The zero-order valence-electron chi connectivity index (χ0n) is 21.1. The first kappa shape index (κ1) is 26.0. The summed E-state index contributed by atoms with van der Waals surface area (Å²) in [6.45, 7) is 1.06. The number of nitrogens with zero attached hydrogens (tertiary/aromatic N) is 5. The van der Waals surface area contributed by atoms with E-state index in [-0.39, 0.29) is 33.3 Å². The molecule has 15 heteroatoms. The Balaban J connectivity index is 1.14. The third-order valence-corrected chi connectivity index (χ3v) is 9.29. The summed E-state index contributed by atoms with van der Waals surface area (Å²) in [5.41, 5.74) is 12.9. The smallest absolute Gasteiger partial charge is 0.302 e. The van der Waals surface area contributed by atoms with Crippen molar-refractivity contribution in [3.63, 3.8) is 0 Å². The SMILES string of the molecule is Nc1nc(N)c(C(=O)/N=C2\NCC3(CCN(S(=O)(=O)c4ccc5nc(-c6ccccc6)[nH]c5c4)CC3)N2)nc1Cl. The number of nitrogens with two attached hydrogens (primary N) is 2. The second-order valence-electron chi connectivity index (χ2n) is 9.69. The molecule has 13 nitrogen and oxygen atoms in total. The zero-order chi connectivity index (χ0) is 28.1. The number of aromatic amines is 1. The average Bonchev–Trinajstić information content (AvgIpc) is 3.55. The van der Waals surface area contributed by atoms with E-state index in [0.29, 0.717) is 49.3 Å². The van der Waals surface area contributed by atoms with Gasteiger partial charge in [-0.1, -0.05) is 41.9 Å². The molecule has 206 valence electrons. The summed E-state index contributed by atoms with van der Waals surface area (Å²) in [7, 11) is -3.73. The normalized spacial score (nSPS) is 18.2. The maximum atomic E-state index is 13.5. The summed E-state index contributed by atoms with van der Waals surface area (Å²) in [4.78, 5) is 32.3. The van der Waals surface area contributed by atoms with Gasteiger partial charge in [0.1, 0.15) is 5.82 Å². The van der Waals surface area contributed by atoms with Crippen molar-refractivity contribution < 1.29 is 13.2 Å². The van der Waals surface area contributed by atoms with Crippen LogP contribution in [0.2, 0.25) is 5.15 Å². The van der Waals surface area contributed by atoms with Gasteiger partial charge in [0, 0.05) is 25.2 Å². The van der Waals surface area contributed by atoms with Gasteiger partial charge in [0.05, 0.1) is 21.5 Å². The predicted octanol–water partition coefficient (Wildman–Crippen LogP) is 1.75. The second-order valence-corrected chi connectivity index (χ2v) is 12.0. The number of guanidine groups is 1. The number of hydrogen-bond acceptors (Lipinski definition) is 8. The third-order valence-electron chi connectivity index (χ3n) is 7.12. The number of nitrogens with one attached hydrogen (secondary N) is 3. The topological polar surface area (TPSA) is 197 Å². The Kier molecular flexibility index (Phi) is 6.32. The lowest BCUT2D eigenvalue weighted by Crippen LogP contribution is -2.53. The summed E-state index contributed by atoms with van der Waals surface area (Å²) < 4.78 is 28.5. The monoisotopic (exact) mass is 580 g/mol. The van der Waals surface area contributed by atoms with Crippen molar-refractivity contribution in [2.24, 2.45) is 4.99 Å². The van der Waals surface area contributed by atoms with Crippen LogP contribution in [0.1, 0.15) is 23.3 Å². The number of piperidine rings is 1. The second kappa shape index (κ2) is 9.73. The highest BCUT2D eigenvalue weighted by molar-refractivity contribution is 7.89. The van der Waals surface area contributed by atoms with E-state index in [4.69, 9.17) is 23.1 Å². The van der Waals surface area contributed by atoms with Crippen LogP contribution in [-0.4, -0.2) is 69.7 Å². The Morgan fingerprint density at radius 3 is 2.52 bits per heavy atom. The zero-order valence-corrected chi connectivity index (χ0v) is 22.6. The van der Waals surface area contributed by atoms with Gasteiger partial charge in [-0.3, -0.25) is 4.79 Å². The van der Waals surface area contributed by atoms with Crippen molar-refractivity contribution in [3.8, 4) is 11.4 Å². The van der Waals surface area contributed by atoms with Gasteiger partial charge in [-0.05, 0) is 31.0 Å². The number of carbonyl (C=O) groups is 1. The lowest BCUT2D eigenvalue weighted by Gasteiger charge is -2.37. The molecule has 6 rings (SSSR count). The maximum Gasteiger partial charge on any atom is 0.302 e. The van der Waals surface area contributed by atoms with Gasteiger partial charge in [-0.2, -0.15) is 9.30 Å². The van der Waals surface area contributed by atoms with E-state index in [1.165, 1.54) is 4.31 Å². The molecule has 4 heterocycles. The molecule has 2 fully saturated rings. The highest BCUT2D eigenvalue weighted by Gasteiger charge is 2.42. The molecular weight excluding hydrogens is 556 g/mol. The number of rotatable bonds is 4. The van der Waals surface area contributed by atoms with E-state index in [1.54, 1.807) is 18.2 Å². The number of imidazole rings is 1. The first-order valence-corrected chi connectivity index (χ1v) is 14.2. The Bertz CT molecular complexity index is 1770. The minimum atomic E-state index is -3.73. The summed E-state index contributed by atoms with van der Waals surface area (Å²) in [6, 6.07) is 14.6. The van der Waals surface area contributed by atoms with Crippen molar-refractivity contribution in [1.82, 2.24) is 34.9 Å². The van der Waals surface area contributed by atoms with Crippen LogP contribution in [0.25, 0.3) is 22.4 Å². The number of halogens is 1. The van der Waals surface area contributed by atoms with E-state index >= 15 is 0 Å². The number of hydrogen-bond donors (Lipinski definition) is 5. The lowest BCUT2D eigenvalue weighted by atomic mass is 9.90. The number of benzene rings is 2. The lowest BCUT2D eigenvalue weighted by molar-refractivity contribution is 0.0998. The van der Waals surface area contributed by atoms with E-state index in [0.717, 1.165) is 5.56 Å². The van der Waals surface area contributed by atoms with E-state index in [1.807, 2.05) is 30.3 Å². The number of anilines is 2. The Morgan fingerprint density at radius 2 is 1.77 bits per heavy atom. The van der Waals surface area contributed by atoms with E-state index in [2.05, 4.69) is 35.6 Å². The molecule has 0 aliphatic carbocycles. The van der Waals surface area contributed by atoms with Crippen LogP contribution < -0.4 is 22.1 Å². The van der Waals surface area contributed by atoms with Crippen molar-refractivity contribution in [3.05, 3.63) is 59.4 Å². The van der Waals surface area contributed by atoms with Crippen LogP contribution in [-0.2, 0) is 10.0 Å². The molecule has 4 aromatic rings. The molecule has 0 radical (unpaired) electrons. The maximum absolute atomic E-state index is 13.5. The molecule has 2 aliphatic heterocycles. The van der Waals surface area contributed by atoms with Gasteiger partial charge in [-0.25, -0.2) is 23.4 Å². The predicted molar refractivity (Wildman–Crippen MR) is 151 cm³/mol. The quantitative estimate of drug-likeness (QED) is 0.237. The summed E-state index contributed by atoms with van der Waals surface area (Å²) in [6.07, 6.45) is 1.01. The molecule has 0 unspecified atom stereocenters. The van der Waals surface area contributed by atoms with E-state index in [9.17, 15) is 13.2 Å². The first-order valence-electron chi connectivity index (χ1n) is 12.4. The molecule has 2 aromatic carbocycles. The fourth-order valence-corrected chi connectivity index (χ4v) is 6.50. The Labute approximate surface area is 234 Å². The average molecular weight is 581 g/mol. The van der Waals surface area contributed by atoms with Gasteiger partial charge >= 0.3 is 5.91 Å². The molecule has 40 heavy (non-hydrogen) atoms. The minimum absolute atomic E-state index is 0.0810. The number of aromatic nitrogens is 4. The van der Waals surface area contributed by atoms with Crippen LogP contribution >= 0.6 is 11.6 Å². The number of aliphatic imine (C=N–C) groups is 1. The minimum Gasteiger partial charge on any atom is -0.382 e. The van der Waals surface area contributed by atoms with Gasteiger partial charge in [0.2, 0.25) is 10.0 Å². The molecule has 0 bridgehead atoms. The number of fused-ring (bicyclic) bond motifs is 1. The third kappa shape index (κ3) is 4.69. The van der Waals surface area contributed by atoms with Gasteiger partial charge in [-0.15, -0.1) is 0 Å². The molecular formula is C25H25ClN10O3S. The van der Waals surface area contributed by atoms with Crippen LogP contribution in [0.4, 0.5) is 11.6 Å². The highest BCUT2D eigenvalue weighted by atomic mass is 35.5. The molecule has 2 aromatic heterocycles. The van der Waals surface area contributed by atoms with Gasteiger partial charge in [0.15, 0.2) is 28.4 Å². The fourth-order valence-electron chi connectivity index (χ4n) is 4.90. The molecule has 7 N–H and O–H groups in total. The summed E-state index contributed by atoms with van der Waals surface area (Å²) >= 11 is 5.87. The number of nitrogen functional groups attached to an aromatic ring is 2. The standard InChI is InChI=1S/C25H25ClN10O3S/c26-19-21(28)33-20(27)18(32-19)23(37)34-24-29-13-25(35-24)8-10-36(11-9-25)40(38,39)15-6-7-16-17(12-15)31-22(30-16)14-4-2-1-3-5-14/h1-7,12H,8-11,13H2,(H,30,31)(H4,27,28,33)(H2,29,34,35,37). The van der Waals surface area contributed by atoms with E-state index < -0.39 is 21.5 Å². The van der Waals surface area contributed by atoms with Crippen molar-refractivity contribution in [2.75, 3.05) is 31.1 Å². The highest BCUT2D eigenvalue weighted by Crippen LogP contribution is 2.30. The number of carbonyl (C=O) groups excluding carboxylic acids is 1. The van der Waals surface area contributed by atoms with Crippen LogP contribution in [0, 0.1) is 0 Å². The fraction of sp³-hybridized carbons (Fsp3) is 0.240. The number of sulfonamides is 1. The molecule has 0 atom stereocenters. The van der Waals surface area contributed by atoms with Crippen LogP contribution in [0.15, 0.2) is 58.4 Å². The summed E-state index contributed by atoms with van der Waals surface area (Å²) in [5.74, 6) is -0.0670. The first-order chi connectivity index (χ1) is 19.1. The van der Waals surface area contributed by atoms with Crippen molar-refractivity contribution >= 4 is 56.2 Å². The Hall–Kier alpha value is -4.27. The molecule has 2 saturated heterocycles. The Morgan fingerprint density at radius 1 is 1.02 bits per heavy atom. The van der Waals surface area contributed by atoms with Crippen molar-refractivity contribution in [1.29, 1.82) is 0 Å². The van der Waals surface area contributed by atoms with Crippen LogP contribution in [0.5, 0.6) is 0 Å². The summed E-state index contributed by atoms with van der Waals surface area (Å²) in [5, 5.41) is 6.18. The van der Waals surface area contributed by atoms with Gasteiger partial charge in [0.25, 0.3) is 0 Å². The number of amides is 1. The molecule has 0 saturated carbocycles. The largest absolute Gasteiger partial charge is 0.382 e.